The first-order valence-electron chi connectivity index (χ1n) is 15.9. The third-order valence-corrected chi connectivity index (χ3v) is 9.18. The van der Waals surface area contributed by atoms with Crippen molar-refractivity contribution in [2.24, 2.45) is 0 Å². The van der Waals surface area contributed by atoms with Crippen LogP contribution in [-0.4, -0.2) is 74.6 Å². The summed E-state index contributed by atoms with van der Waals surface area (Å²) < 4.78 is 23.6. The van der Waals surface area contributed by atoms with Gasteiger partial charge >= 0.3 is 5.69 Å². The van der Waals surface area contributed by atoms with Gasteiger partial charge in [-0.2, -0.15) is 10.2 Å². The molecule has 2 aromatic heterocycles. The topological polar surface area (TPSA) is 105 Å². The zero-order valence-corrected chi connectivity index (χ0v) is 28.2. The minimum atomic E-state index is -1.16. The van der Waals surface area contributed by atoms with Crippen molar-refractivity contribution in [3.63, 3.8) is 0 Å². The molecule has 14 heteroatoms. The van der Waals surface area contributed by atoms with Crippen molar-refractivity contribution in [2.75, 3.05) is 49.2 Å². The second kappa shape index (κ2) is 13.6. The lowest BCUT2D eigenvalue weighted by Crippen LogP contribution is -2.46. The standard InChI is InChI=1S/C34H36Cl2N8O4/c1-24(2)44-33(45)43(23-39-44)28-6-4-26(5-7-28)40-13-15-41(16-14-40)27-8-10-29(11-9-27)46-18-30-19-47-34(48-30,20-42-22-37-21-38-42)31-12-3-25(35)17-32(31)36/h3-12,17,21-24,30H,13-16,18-20H2,1-2H3/t30-,34-/m1/s1. The van der Waals surface area contributed by atoms with Gasteiger partial charge in [-0.3, -0.25) is 0 Å². The molecule has 0 bridgehead atoms. The van der Waals surface area contributed by atoms with Gasteiger partial charge in [0.1, 0.15) is 44.0 Å². The predicted molar refractivity (Wildman–Crippen MR) is 184 cm³/mol. The first-order chi connectivity index (χ1) is 23.3. The Balaban J connectivity index is 0.929. The quantitative estimate of drug-likeness (QED) is 0.196. The van der Waals surface area contributed by atoms with Crippen molar-refractivity contribution < 1.29 is 14.2 Å². The Morgan fingerprint density at radius 3 is 2.17 bits per heavy atom. The van der Waals surface area contributed by atoms with Crippen LogP contribution in [0.3, 0.4) is 0 Å². The van der Waals surface area contributed by atoms with E-state index in [4.69, 9.17) is 37.4 Å². The summed E-state index contributed by atoms with van der Waals surface area (Å²) >= 11 is 12.7. The molecule has 0 unspecified atom stereocenters. The van der Waals surface area contributed by atoms with Gasteiger partial charge in [0.25, 0.3) is 0 Å². The molecule has 2 aliphatic rings. The predicted octanol–water partition coefficient (Wildman–Crippen LogP) is 5.19. The van der Waals surface area contributed by atoms with E-state index in [0.29, 0.717) is 28.8 Å². The zero-order valence-electron chi connectivity index (χ0n) is 26.7. The number of nitrogens with zero attached hydrogens (tertiary/aromatic N) is 8. The lowest BCUT2D eigenvalue weighted by molar-refractivity contribution is -0.190. The van der Waals surface area contributed by atoms with Crippen LogP contribution >= 0.6 is 23.2 Å². The maximum atomic E-state index is 12.6. The largest absolute Gasteiger partial charge is 0.491 e. The Morgan fingerprint density at radius 1 is 0.896 bits per heavy atom. The second-order valence-corrected chi connectivity index (χ2v) is 13.0. The van der Waals surface area contributed by atoms with E-state index in [1.54, 1.807) is 34.0 Å². The fourth-order valence-electron chi connectivity index (χ4n) is 6.12. The first kappa shape index (κ1) is 32.2. The van der Waals surface area contributed by atoms with Crippen molar-refractivity contribution in [3.8, 4) is 11.4 Å². The van der Waals surface area contributed by atoms with Crippen molar-refractivity contribution in [1.29, 1.82) is 0 Å². The Morgan fingerprint density at radius 2 is 1.56 bits per heavy atom. The minimum Gasteiger partial charge on any atom is -0.491 e. The Hall–Kier alpha value is -4.36. The molecule has 0 amide bonds. The minimum absolute atomic E-state index is 0.0136. The Bertz CT molecular complexity index is 1890. The molecule has 3 aromatic carbocycles. The number of rotatable bonds is 10. The maximum absolute atomic E-state index is 12.6. The lowest BCUT2D eigenvalue weighted by Gasteiger charge is -2.37. The van der Waals surface area contributed by atoms with E-state index in [2.05, 4.69) is 49.2 Å². The number of benzene rings is 3. The molecule has 0 radical (unpaired) electrons. The van der Waals surface area contributed by atoms with Crippen LogP contribution in [0.15, 0.2) is 90.5 Å². The molecule has 250 valence electrons. The molecule has 0 aliphatic carbocycles. The molecule has 0 N–H and O–H groups in total. The molecule has 4 heterocycles. The number of ether oxygens (including phenoxy) is 3. The molecule has 48 heavy (non-hydrogen) atoms. The number of hydrogen-bond donors (Lipinski definition) is 0. The monoisotopic (exact) mass is 690 g/mol. The smallest absolute Gasteiger partial charge is 0.350 e. The highest BCUT2D eigenvalue weighted by Crippen LogP contribution is 2.40. The van der Waals surface area contributed by atoms with Crippen LogP contribution in [0.2, 0.25) is 10.0 Å². The summed E-state index contributed by atoms with van der Waals surface area (Å²) in [6.45, 7) is 8.32. The molecule has 2 aliphatic heterocycles. The average molecular weight is 692 g/mol. The van der Waals surface area contributed by atoms with Gasteiger partial charge < -0.3 is 24.0 Å². The van der Waals surface area contributed by atoms with Gasteiger partial charge in [0.05, 0.1) is 23.4 Å². The van der Waals surface area contributed by atoms with Gasteiger partial charge in [-0.1, -0.05) is 29.3 Å². The van der Waals surface area contributed by atoms with Crippen LogP contribution in [0, 0.1) is 0 Å². The van der Waals surface area contributed by atoms with Crippen LogP contribution in [-0.2, 0) is 21.8 Å². The number of anilines is 2. The molecule has 0 spiro atoms. The van der Waals surface area contributed by atoms with E-state index in [0.717, 1.165) is 49.0 Å². The highest BCUT2D eigenvalue weighted by molar-refractivity contribution is 6.35. The zero-order chi connectivity index (χ0) is 33.3. The summed E-state index contributed by atoms with van der Waals surface area (Å²) in [6.07, 6.45) is 4.32. The van der Waals surface area contributed by atoms with Crippen LogP contribution in [0.25, 0.3) is 5.69 Å². The fraction of sp³-hybridized carbons (Fsp3) is 0.353. The number of halogens is 2. The van der Waals surface area contributed by atoms with Crippen LogP contribution in [0.1, 0.15) is 25.5 Å². The molecule has 2 saturated heterocycles. The van der Waals surface area contributed by atoms with E-state index in [1.165, 1.54) is 11.0 Å². The Kier molecular flexibility index (Phi) is 9.15. The average Bonchev–Trinajstić information content (AvgIpc) is 3.85. The van der Waals surface area contributed by atoms with E-state index in [9.17, 15) is 4.79 Å². The molecule has 2 fully saturated rings. The van der Waals surface area contributed by atoms with Crippen molar-refractivity contribution in [1.82, 2.24) is 29.1 Å². The van der Waals surface area contributed by atoms with Gasteiger partial charge in [-0.25, -0.2) is 23.7 Å². The van der Waals surface area contributed by atoms with Gasteiger partial charge in [-0.15, -0.1) is 0 Å². The van der Waals surface area contributed by atoms with Crippen LogP contribution in [0.5, 0.6) is 5.75 Å². The summed E-state index contributed by atoms with van der Waals surface area (Å²) in [4.78, 5) is 21.4. The SMILES string of the molecule is CC(C)n1ncn(-c2ccc(N3CCN(c4ccc(OC[C@@H]5CO[C@@](Cn6cncn6)(c6ccc(Cl)cc6Cl)O5)cc4)CC3)cc2)c1=O. The van der Waals surface area contributed by atoms with Gasteiger partial charge in [-0.05, 0) is 74.5 Å². The van der Waals surface area contributed by atoms with E-state index < -0.39 is 5.79 Å². The highest BCUT2D eigenvalue weighted by Gasteiger charge is 2.45. The first-order valence-corrected chi connectivity index (χ1v) is 16.6. The molecule has 12 nitrogen and oxygen atoms in total. The second-order valence-electron chi connectivity index (χ2n) is 12.1. The normalized spacial score (nSPS) is 19.7. The van der Waals surface area contributed by atoms with Crippen molar-refractivity contribution >= 4 is 34.6 Å². The maximum Gasteiger partial charge on any atom is 0.350 e. The number of piperazine rings is 1. The fourth-order valence-corrected chi connectivity index (χ4v) is 6.67. The summed E-state index contributed by atoms with van der Waals surface area (Å²) in [5.74, 6) is -0.411. The number of aromatic nitrogens is 6. The van der Waals surface area contributed by atoms with Crippen LogP contribution < -0.4 is 20.2 Å². The van der Waals surface area contributed by atoms with E-state index >= 15 is 0 Å². The molecular weight excluding hydrogens is 655 g/mol. The lowest BCUT2D eigenvalue weighted by atomic mass is 10.1. The summed E-state index contributed by atoms with van der Waals surface area (Å²) in [5, 5.41) is 9.43. The van der Waals surface area contributed by atoms with Crippen molar-refractivity contribution in [2.45, 2.75) is 38.3 Å². The van der Waals surface area contributed by atoms with Crippen LogP contribution in [0.4, 0.5) is 11.4 Å². The van der Waals surface area contributed by atoms with Gasteiger partial charge in [0, 0.05) is 48.1 Å². The third-order valence-electron chi connectivity index (χ3n) is 8.63. The number of hydrogen-bond acceptors (Lipinski definition) is 9. The van der Waals surface area contributed by atoms with Gasteiger partial charge in [0.2, 0.25) is 5.79 Å². The van der Waals surface area contributed by atoms with Crippen molar-refractivity contribution in [3.05, 3.63) is 112 Å². The molecule has 7 rings (SSSR count). The highest BCUT2D eigenvalue weighted by atomic mass is 35.5. The molecule has 0 saturated carbocycles. The third kappa shape index (κ3) is 6.66. The van der Waals surface area contributed by atoms with Gasteiger partial charge in [0.15, 0.2) is 0 Å². The summed E-state index contributed by atoms with van der Waals surface area (Å²) in [6, 6.07) is 21.5. The van der Waals surface area contributed by atoms with E-state index in [-0.39, 0.29) is 24.4 Å². The molecule has 2 atom stereocenters. The molecular formula is C34H36Cl2N8O4. The summed E-state index contributed by atoms with van der Waals surface area (Å²) in [7, 11) is 0. The summed E-state index contributed by atoms with van der Waals surface area (Å²) in [5.41, 5.74) is 3.61. The molecule has 5 aromatic rings. The Labute approximate surface area is 288 Å². The van der Waals surface area contributed by atoms with E-state index in [1.807, 2.05) is 44.2 Å².